The molecule has 4 aromatic rings. The van der Waals surface area contributed by atoms with Crippen LogP contribution in [0.2, 0.25) is 0 Å². The third-order valence-electron chi connectivity index (χ3n) is 3.92. The summed E-state index contributed by atoms with van der Waals surface area (Å²) >= 11 is 1.56. The summed E-state index contributed by atoms with van der Waals surface area (Å²) in [6.07, 6.45) is 1.56. The van der Waals surface area contributed by atoms with Crippen LogP contribution < -0.4 is 5.32 Å². The molecule has 5 heteroatoms. The van der Waals surface area contributed by atoms with E-state index in [2.05, 4.69) is 28.3 Å². The summed E-state index contributed by atoms with van der Waals surface area (Å²) < 4.78 is 13.2. The van der Waals surface area contributed by atoms with E-state index in [1.165, 1.54) is 12.1 Å². The Hall–Kier alpha value is -2.79. The highest BCUT2D eigenvalue weighted by atomic mass is 32.1. The van der Waals surface area contributed by atoms with Gasteiger partial charge in [0.2, 0.25) is 0 Å². The molecule has 0 aliphatic rings. The van der Waals surface area contributed by atoms with Crippen molar-refractivity contribution in [3.63, 3.8) is 0 Å². The van der Waals surface area contributed by atoms with Gasteiger partial charge in [-0.3, -0.25) is 0 Å². The zero-order chi connectivity index (χ0) is 16.5. The molecule has 0 aliphatic carbocycles. The van der Waals surface area contributed by atoms with Gasteiger partial charge < -0.3 is 5.32 Å². The van der Waals surface area contributed by atoms with Crippen LogP contribution in [0.25, 0.3) is 21.3 Å². The SMILES string of the molecule is Cc1ccccc1Nc1ncnc2scc(-c3ccc(F)cc3)c12. The maximum Gasteiger partial charge on any atom is 0.143 e. The summed E-state index contributed by atoms with van der Waals surface area (Å²) in [4.78, 5) is 9.70. The molecule has 0 aliphatic heterocycles. The monoisotopic (exact) mass is 335 g/mol. The van der Waals surface area contributed by atoms with Crippen molar-refractivity contribution >= 4 is 33.1 Å². The number of anilines is 2. The minimum absolute atomic E-state index is 0.243. The highest BCUT2D eigenvalue weighted by molar-refractivity contribution is 7.17. The van der Waals surface area contributed by atoms with Gasteiger partial charge in [0.05, 0.1) is 5.39 Å². The van der Waals surface area contributed by atoms with Crippen molar-refractivity contribution in [1.29, 1.82) is 0 Å². The summed E-state index contributed by atoms with van der Waals surface area (Å²) in [5.74, 6) is 0.516. The van der Waals surface area contributed by atoms with E-state index in [0.29, 0.717) is 0 Å². The minimum Gasteiger partial charge on any atom is -0.339 e. The van der Waals surface area contributed by atoms with Crippen LogP contribution in [-0.4, -0.2) is 9.97 Å². The third-order valence-corrected chi connectivity index (χ3v) is 4.81. The van der Waals surface area contributed by atoms with Crippen LogP contribution in [-0.2, 0) is 0 Å². The first kappa shape index (κ1) is 14.8. The molecule has 0 fully saturated rings. The number of nitrogens with zero attached hydrogens (tertiary/aromatic N) is 2. The molecule has 3 nitrogen and oxygen atoms in total. The lowest BCUT2D eigenvalue weighted by molar-refractivity contribution is 0.628. The van der Waals surface area contributed by atoms with E-state index < -0.39 is 0 Å². The Balaban J connectivity index is 1.86. The Bertz CT molecular complexity index is 1010. The Morgan fingerprint density at radius 1 is 1.00 bits per heavy atom. The highest BCUT2D eigenvalue weighted by Gasteiger charge is 2.13. The zero-order valence-corrected chi connectivity index (χ0v) is 13.8. The second-order valence-corrected chi connectivity index (χ2v) is 6.36. The van der Waals surface area contributed by atoms with E-state index in [1.807, 2.05) is 23.6 Å². The lowest BCUT2D eigenvalue weighted by atomic mass is 10.1. The van der Waals surface area contributed by atoms with Gasteiger partial charge in [-0.15, -0.1) is 11.3 Å². The molecular formula is C19H14FN3S. The van der Waals surface area contributed by atoms with Gasteiger partial charge in [0.1, 0.15) is 22.8 Å². The summed E-state index contributed by atoms with van der Waals surface area (Å²) in [5, 5.41) is 6.40. The molecule has 0 unspecified atom stereocenters. The maximum atomic E-state index is 13.2. The van der Waals surface area contributed by atoms with Gasteiger partial charge in [0, 0.05) is 16.6 Å². The second kappa shape index (κ2) is 6.02. The van der Waals surface area contributed by atoms with Crippen LogP contribution >= 0.6 is 11.3 Å². The molecule has 0 radical (unpaired) electrons. The largest absolute Gasteiger partial charge is 0.339 e. The average Bonchev–Trinajstić information content (AvgIpc) is 3.03. The van der Waals surface area contributed by atoms with Crippen molar-refractivity contribution in [1.82, 2.24) is 9.97 Å². The second-order valence-electron chi connectivity index (χ2n) is 5.50. The van der Waals surface area contributed by atoms with Crippen molar-refractivity contribution in [3.05, 3.63) is 71.6 Å². The molecule has 0 amide bonds. The lowest BCUT2D eigenvalue weighted by Gasteiger charge is -2.10. The van der Waals surface area contributed by atoms with Gasteiger partial charge in [-0.25, -0.2) is 14.4 Å². The predicted octanol–water partition coefficient (Wildman–Crippen LogP) is 5.55. The number of aryl methyl sites for hydroxylation is 1. The van der Waals surface area contributed by atoms with Crippen LogP contribution in [0.5, 0.6) is 0 Å². The predicted molar refractivity (Wildman–Crippen MR) is 97.3 cm³/mol. The molecule has 1 N–H and O–H groups in total. The fourth-order valence-electron chi connectivity index (χ4n) is 2.65. The number of thiophene rings is 1. The van der Waals surface area contributed by atoms with Gasteiger partial charge in [-0.2, -0.15) is 0 Å². The van der Waals surface area contributed by atoms with Crippen molar-refractivity contribution in [2.45, 2.75) is 6.92 Å². The van der Waals surface area contributed by atoms with Crippen molar-refractivity contribution in [2.75, 3.05) is 5.32 Å². The van der Waals surface area contributed by atoms with Crippen LogP contribution in [0.1, 0.15) is 5.56 Å². The van der Waals surface area contributed by atoms with Crippen LogP contribution in [0.3, 0.4) is 0 Å². The van der Waals surface area contributed by atoms with Gasteiger partial charge >= 0.3 is 0 Å². The summed E-state index contributed by atoms with van der Waals surface area (Å²) in [6.45, 7) is 2.05. The van der Waals surface area contributed by atoms with Crippen molar-refractivity contribution < 1.29 is 4.39 Å². The first-order chi connectivity index (χ1) is 11.7. The molecule has 0 atom stereocenters. The summed E-state index contributed by atoms with van der Waals surface area (Å²) in [7, 11) is 0. The minimum atomic E-state index is -0.243. The van der Waals surface area contributed by atoms with E-state index in [1.54, 1.807) is 29.8 Å². The number of hydrogen-bond donors (Lipinski definition) is 1. The Morgan fingerprint density at radius 3 is 2.58 bits per heavy atom. The molecule has 2 aromatic heterocycles. The van der Waals surface area contributed by atoms with E-state index in [-0.39, 0.29) is 5.82 Å². The number of aromatic nitrogens is 2. The normalized spacial score (nSPS) is 10.9. The van der Waals surface area contributed by atoms with E-state index in [9.17, 15) is 4.39 Å². The van der Waals surface area contributed by atoms with Crippen molar-refractivity contribution in [3.8, 4) is 11.1 Å². The van der Waals surface area contributed by atoms with E-state index in [4.69, 9.17) is 0 Å². The number of halogens is 1. The quantitative estimate of drug-likeness (QED) is 0.533. The fourth-order valence-corrected chi connectivity index (χ4v) is 3.57. The van der Waals surface area contributed by atoms with Gasteiger partial charge in [0.15, 0.2) is 0 Å². The van der Waals surface area contributed by atoms with Crippen LogP contribution in [0, 0.1) is 12.7 Å². The number of fused-ring (bicyclic) bond motifs is 1. The smallest absolute Gasteiger partial charge is 0.143 e. The molecule has 0 saturated heterocycles. The average molecular weight is 335 g/mol. The Morgan fingerprint density at radius 2 is 1.79 bits per heavy atom. The number of para-hydroxylation sites is 1. The molecule has 24 heavy (non-hydrogen) atoms. The fraction of sp³-hybridized carbons (Fsp3) is 0.0526. The zero-order valence-electron chi connectivity index (χ0n) is 13.0. The first-order valence-electron chi connectivity index (χ1n) is 7.53. The molecule has 0 bridgehead atoms. The third kappa shape index (κ3) is 2.63. The number of benzene rings is 2. The molecule has 4 rings (SSSR count). The highest BCUT2D eigenvalue weighted by Crippen LogP contribution is 2.37. The molecule has 2 heterocycles. The number of rotatable bonds is 3. The van der Waals surface area contributed by atoms with Gasteiger partial charge in [-0.05, 0) is 36.2 Å². The first-order valence-corrected chi connectivity index (χ1v) is 8.41. The topological polar surface area (TPSA) is 37.8 Å². The van der Waals surface area contributed by atoms with Gasteiger partial charge in [-0.1, -0.05) is 30.3 Å². The molecule has 0 saturated carbocycles. The Kier molecular flexibility index (Phi) is 3.70. The molecule has 118 valence electrons. The lowest BCUT2D eigenvalue weighted by Crippen LogP contribution is -1.97. The van der Waals surface area contributed by atoms with Crippen molar-refractivity contribution in [2.24, 2.45) is 0 Å². The van der Waals surface area contributed by atoms with Crippen LogP contribution in [0.4, 0.5) is 15.9 Å². The number of hydrogen-bond acceptors (Lipinski definition) is 4. The molecule has 2 aromatic carbocycles. The molecule has 0 spiro atoms. The van der Waals surface area contributed by atoms with Gasteiger partial charge in [0.25, 0.3) is 0 Å². The van der Waals surface area contributed by atoms with E-state index >= 15 is 0 Å². The van der Waals surface area contributed by atoms with Crippen LogP contribution in [0.15, 0.2) is 60.2 Å². The standard InChI is InChI=1S/C19H14FN3S/c1-12-4-2-3-5-16(12)23-18-17-15(10-24-19(17)22-11-21-18)13-6-8-14(20)9-7-13/h2-11H,1H3,(H,21,22,23). The Labute approximate surface area is 142 Å². The molecular weight excluding hydrogens is 321 g/mol. The van der Waals surface area contributed by atoms with E-state index in [0.717, 1.165) is 38.4 Å². The number of nitrogens with one attached hydrogen (secondary N) is 1. The summed E-state index contributed by atoms with van der Waals surface area (Å²) in [5.41, 5.74) is 4.11. The summed E-state index contributed by atoms with van der Waals surface area (Å²) in [6, 6.07) is 14.6. The maximum absolute atomic E-state index is 13.2.